The number of nitrogen functional groups attached to an aromatic ring is 1. The molecule has 0 bridgehead atoms. The van der Waals surface area contributed by atoms with Crippen molar-refractivity contribution in [2.24, 2.45) is 0 Å². The lowest BCUT2D eigenvalue weighted by atomic mass is 10.3. The third-order valence-corrected chi connectivity index (χ3v) is 1.96. The monoisotopic (exact) mass is 243 g/mol. The van der Waals surface area contributed by atoms with Crippen molar-refractivity contribution in [2.75, 3.05) is 17.6 Å². The number of halogens is 1. The largest absolute Gasteiger partial charge is 0.368 e. The lowest BCUT2D eigenvalue weighted by Gasteiger charge is -2.06. The Hall–Kier alpha value is -1.56. The van der Waals surface area contributed by atoms with Gasteiger partial charge in [-0.05, 0) is 6.42 Å². The third kappa shape index (κ3) is 4.31. The van der Waals surface area contributed by atoms with Crippen molar-refractivity contribution in [3.05, 3.63) is 11.2 Å². The van der Waals surface area contributed by atoms with Crippen LogP contribution in [0.2, 0.25) is 5.15 Å². The lowest BCUT2D eigenvalue weighted by Crippen LogP contribution is -2.29. The smallest absolute Gasteiger partial charge is 0.320 e. The Morgan fingerprint density at radius 2 is 2.31 bits per heavy atom. The number of hydrogen-bond donors (Lipinski definition) is 3. The Morgan fingerprint density at radius 1 is 1.56 bits per heavy atom. The van der Waals surface area contributed by atoms with Crippen LogP contribution in [0.15, 0.2) is 6.07 Å². The van der Waals surface area contributed by atoms with Crippen LogP contribution >= 0.6 is 11.6 Å². The van der Waals surface area contributed by atoms with Crippen LogP contribution in [0.1, 0.15) is 19.8 Å². The van der Waals surface area contributed by atoms with Crippen molar-refractivity contribution in [3.63, 3.8) is 0 Å². The minimum Gasteiger partial charge on any atom is -0.368 e. The van der Waals surface area contributed by atoms with E-state index in [1.807, 2.05) is 6.92 Å². The van der Waals surface area contributed by atoms with Gasteiger partial charge >= 0.3 is 6.03 Å². The minimum atomic E-state index is -0.331. The Balaban J connectivity index is 2.49. The molecule has 1 aromatic heterocycles. The number of hydrogen-bond acceptors (Lipinski definition) is 4. The van der Waals surface area contributed by atoms with Gasteiger partial charge in [-0.15, -0.1) is 0 Å². The summed E-state index contributed by atoms with van der Waals surface area (Å²) in [5.41, 5.74) is 5.38. The first-order valence-corrected chi connectivity index (χ1v) is 5.34. The number of nitrogens with zero attached hydrogens (tertiary/aromatic N) is 2. The number of carbonyl (C=O) groups excluding carboxylic acids is 1. The lowest BCUT2D eigenvalue weighted by molar-refractivity contribution is 0.252. The summed E-state index contributed by atoms with van der Waals surface area (Å²) >= 11 is 5.66. The first-order chi connectivity index (χ1) is 7.61. The maximum atomic E-state index is 11.3. The number of carbonyl (C=O) groups is 1. The zero-order valence-electron chi connectivity index (χ0n) is 8.96. The second-order valence-corrected chi connectivity index (χ2v) is 3.56. The summed E-state index contributed by atoms with van der Waals surface area (Å²) in [4.78, 5) is 18.8. The van der Waals surface area contributed by atoms with E-state index in [1.165, 1.54) is 6.07 Å². The van der Waals surface area contributed by atoms with Crippen LogP contribution < -0.4 is 16.4 Å². The van der Waals surface area contributed by atoms with Crippen molar-refractivity contribution in [1.82, 2.24) is 15.3 Å². The topological polar surface area (TPSA) is 92.9 Å². The molecule has 0 aromatic carbocycles. The Morgan fingerprint density at radius 3 is 2.94 bits per heavy atom. The molecule has 0 fully saturated rings. The van der Waals surface area contributed by atoms with Crippen molar-refractivity contribution in [2.45, 2.75) is 19.8 Å². The zero-order valence-corrected chi connectivity index (χ0v) is 9.71. The van der Waals surface area contributed by atoms with E-state index < -0.39 is 0 Å². The van der Waals surface area contributed by atoms with E-state index in [4.69, 9.17) is 17.3 Å². The highest BCUT2D eigenvalue weighted by Crippen LogP contribution is 2.11. The summed E-state index contributed by atoms with van der Waals surface area (Å²) in [6.07, 6.45) is 1.95. The quantitative estimate of drug-likeness (QED) is 0.554. The molecule has 6 nitrogen and oxygen atoms in total. The van der Waals surface area contributed by atoms with Gasteiger partial charge in [0.15, 0.2) is 0 Å². The summed E-state index contributed by atoms with van der Waals surface area (Å²) < 4.78 is 0. The van der Waals surface area contributed by atoms with Crippen molar-refractivity contribution >= 4 is 29.4 Å². The normalized spacial score (nSPS) is 9.88. The predicted octanol–water partition coefficient (Wildman–Crippen LogP) is 1.63. The molecule has 1 rings (SSSR count). The highest BCUT2D eigenvalue weighted by molar-refractivity contribution is 6.29. The van der Waals surface area contributed by atoms with E-state index in [9.17, 15) is 4.79 Å². The summed E-state index contributed by atoms with van der Waals surface area (Å²) in [5.74, 6) is 0.308. The van der Waals surface area contributed by atoms with Gasteiger partial charge in [-0.1, -0.05) is 24.9 Å². The van der Waals surface area contributed by atoms with Gasteiger partial charge in [0.2, 0.25) is 5.95 Å². The van der Waals surface area contributed by atoms with Gasteiger partial charge < -0.3 is 11.1 Å². The molecule has 0 aliphatic heterocycles. The third-order valence-electron chi connectivity index (χ3n) is 1.77. The van der Waals surface area contributed by atoms with Crippen LogP contribution in [0.25, 0.3) is 0 Å². The molecule has 0 aliphatic carbocycles. The first-order valence-electron chi connectivity index (χ1n) is 4.96. The summed E-state index contributed by atoms with van der Waals surface area (Å²) in [6.45, 7) is 2.67. The van der Waals surface area contributed by atoms with Gasteiger partial charge in [-0.3, -0.25) is 5.32 Å². The highest BCUT2D eigenvalue weighted by Gasteiger charge is 2.04. The molecule has 2 amide bonds. The second kappa shape index (κ2) is 6.12. The van der Waals surface area contributed by atoms with Gasteiger partial charge in [-0.25, -0.2) is 9.78 Å². The number of amides is 2. The number of rotatable bonds is 4. The van der Waals surface area contributed by atoms with Crippen LogP contribution in [-0.4, -0.2) is 22.5 Å². The molecule has 1 aromatic rings. The van der Waals surface area contributed by atoms with E-state index in [-0.39, 0.29) is 23.0 Å². The summed E-state index contributed by atoms with van der Waals surface area (Å²) in [5, 5.41) is 5.38. The van der Waals surface area contributed by atoms with Crippen LogP contribution in [0, 0.1) is 0 Å². The Kier molecular flexibility index (Phi) is 4.78. The van der Waals surface area contributed by atoms with Crippen LogP contribution in [0.3, 0.4) is 0 Å². The summed E-state index contributed by atoms with van der Waals surface area (Å²) in [7, 11) is 0. The maximum absolute atomic E-state index is 11.3. The van der Waals surface area contributed by atoms with Gasteiger partial charge in [0.05, 0.1) is 0 Å². The second-order valence-electron chi connectivity index (χ2n) is 3.17. The molecule has 7 heteroatoms. The Bertz CT molecular complexity index is 351. The van der Waals surface area contributed by atoms with E-state index >= 15 is 0 Å². The highest BCUT2D eigenvalue weighted by atomic mass is 35.5. The Labute approximate surface area is 98.6 Å². The molecule has 0 saturated heterocycles. The molecule has 88 valence electrons. The van der Waals surface area contributed by atoms with E-state index in [2.05, 4.69) is 20.6 Å². The zero-order chi connectivity index (χ0) is 12.0. The fourth-order valence-corrected chi connectivity index (χ4v) is 1.23. The molecule has 0 unspecified atom stereocenters. The molecule has 1 heterocycles. The number of nitrogens with two attached hydrogens (primary N) is 1. The molecule has 0 aliphatic rings. The number of urea groups is 1. The molecule has 0 spiro atoms. The molecule has 16 heavy (non-hydrogen) atoms. The average molecular weight is 244 g/mol. The minimum absolute atomic E-state index is 0.0244. The first kappa shape index (κ1) is 12.5. The van der Waals surface area contributed by atoms with Crippen LogP contribution in [0.5, 0.6) is 0 Å². The number of unbranched alkanes of at least 4 members (excludes halogenated alkanes) is 1. The van der Waals surface area contributed by atoms with E-state index in [0.29, 0.717) is 6.54 Å². The standard InChI is InChI=1S/C9H14ClN5O/c1-2-3-4-12-9(16)15-7-5-6(10)13-8(11)14-7/h5H,2-4H2,1H3,(H4,11,12,13,14,15,16). The molecular formula is C9H14ClN5O. The molecule has 0 atom stereocenters. The van der Waals surface area contributed by atoms with Gasteiger partial charge in [0.25, 0.3) is 0 Å². The fourth-order valence-electron chi connectivity index (χ4n) is 1.04. The molecular weight excluding hydrogens is 230 g/mol. The number of nitrogens with one attached hydrogen (secondary N) is 2. The van der Waals surface area contributed by atoms with Gasteiger partial charge in [-0.2, -0.15) is 4.98 Å². The molecule has 0 radical (unpaired) electrons. The van der Waals surface area contributed by atoms with Gasteiger partial charge in [0.1, 0.15) is 11.0 Å². The molecule has 0 saturated carbocycles. The fraction of sp³-hybridized carbons (Fsp3) is 0.444. The van der Waals surface area contributed by atoms with E-state index in [0.717, 1.165) is 12.8 Å². The SMILES string of the molecule is CCCCNC(=O)Nc1cc(Cl)nc(N)n1. The molecule has 4 N–H and O–H groups in total. The van der Waals surface area contributed by atoms with Crippen molar-refractivity contribution < 1.29 is 4.79 Å². The van der Waals surface area contributed by atoms with Crippen molar-refractivity contribution in [3.8, 4) is 0 Å². The maximum Gasteiger partial charge on any atom is 0.320 e. The average Bonchev–Trinajstić information content (AvgIpc) is 2.16. The van der Waals surface area contributed by atoms with Crippen molar-refractivity contribution in [1.29, 1.82) is 0 Å². The van der Waals surface area contributed by atoms with E-state index in [1.54, 1.807) is 0 Å². The predicted molar refractivity (Wildman–Crippen MR) is 63.4 cm³/mol. The van der Waals surface area contributed by atoms with Gasteiger partial charge in [0, 0.05) is 12.6 Å². The number of anilines is 2. The summed E-state index contributed by atoms with van der Waals surface area (Å²) in [6, 6.07) is 1.10. The number of aromatic nitrogens is 2. The van der Waals surface area contributed by atoms with Crippen LogP contribution in [-0.2, 0) is 0 Å². The van der Waals surface area contributed by atoms with Crippen LogP contribution in [0.4, 0.5) is 16.6 Å².